The standard InChI is InChI=1S/C14H22N2/c1-3-16(4-2)14-7-5-12(6-8-14)13-9-10-15-11-13/h5-8,13,15H,3-4,9-11H2,1-2H3. The molecule has 0 saturated carbocycles. The summed E-state index contributed by atoms with van der Waals surface area (Å²) in [5.74, 6) is 0.728. The number of nitrogens with zero attached hydrogens (tertiary/aromatic N) is 1. The number of anilines is 1. The van der Waals surface area contributed by atoms with Gasteiger partial charge in [0.05, 0.1) is 0 Å². The Hall–Kier alpha value is -1.02. The van der Waals surface area contributed by atoms with Gasteiger partial charge in [0.1, 0.15) is 0 Å². The molecule has 0 amide bonds. The highest BCUT2D eigenvalue weighted by Gasteiger charge is 2.16. The van der Waals surface area contributed by atoms with Crippen LogP contribution in [0.5, 0.6) is 0 Å². The maximum absolute atomic E-state index is 3.42. The van der Waals surface area contributed by atoms with Crippen molar-refractivity contribution in [2.24, 2.45) is 0 Å². The van der Waals surface area contributed by atoms with E-state index in [-0.39, 0.29) is 0 Å². The number of hydrogen-bond acceptors (Lipinski definition) is 2. The largest absolute Gasteiger partial charge is 0.372 e. The molecular formula is C14H22N2. The molecule has 1 heterocycles. The first-order valence-corrected chi connectivity index (χ1v) is 6.40. The third kappa shape index (κ3) is 2.38. The van der Waals surface area contributed by atoms with E-state index in [9.17, 15) is 0 Å². The van der Waals surface area contributed by atoms with E-state index in [0.717, 1.165) is 25.6 Å². The number of rotatable bonds is 4. The van der Waals surface area contributed by atoms with Gasteiger partial charge < -0.3 is 10.2 Å². The Morgan fingerprint density at radius 3 is 2.38 bits per heavy atom. The Morgan fingerprint density at radius 1 is 1.19 bits per heavy atom. The van der Waals surface area contributed by atoms with Gasteiger partial charge in [-0.25, -0.2) is 0 Å². The fourth-order valence-electron chi connectivity index (χ4n) is 2.49. The van der Waals surface area contributed by atoms with Gasteiger partial charge in [0.15, 0.2) is 0 Å². The molecule has 1 aromatic rings. The minimum Gasteiger partial charge on any atom is -0.372 e. The quantitative estimate of drug-likeness (QED) is 0.835. The molecule has 1 aliphatic heterocycles. The Bertz CT molecular complexity index is 287. The first-order chi connectivity index (χ1) is 7.85. The van der Waals surface area contributed by atoms with E-state index in [2.05, 4.69) is 48.3 Å². The molecule has 0 bridgehead atoms. The molecule has 1 unspecified atom stereocenters. The van der Waals surface area contributed by atoms with Gasteiger partial charge in [-0.3, -0.25) is 0 Å². The number of hydrogen-bond donors (Lipinski definition) is 1. The highest BCUT2D eigenvalue weighted by Crippen LogP contribution is 2.24. The van der Waals surface area contributed by atoms with Crippen molar-refractivity contribution >= 4 is 5.69 Å². The monoisotopic (exact) mass is 218 g/mol. The smallest absolute Gasteiger partial charge is 0.0366 e. The topological polar surface area (TPSA) is 15.3 Å². The lowest BCUT2D eigenvalue weighted by Crippen LogP contribution is -2.21. The van der Waals surface area contributed by atoms with Gasteiger partial charge in [0, 0.05) is 25.3 Å². The summed E-state index contributed by atoms with van der Waals surface area (Å²) in [7, 11) is 0. The lowest BCUT2D eigenvalue weighted by molar-refractivity contribution is 0.762. The molecule has 1 N–H and O–H groups in total. The lowest BCUT2D eigenvalue weighted by Gasteiger charge is -2.21. The summed E-state index contributed by atoms with van der Waals surface area (Å²) in [6.45, 7) is 8.89. The second kappa shape index (κ2) is 5.35. The van der Waals surface area contributed by atoms with Crippen molar-refractivity contribution in [3.8, 4) is 0 Å². The van der Waals surface area contributed by atoms with Crippen LogP contribution < -0.4 is 10.2 Å². The zero-order chi connectivity index (χ0) is 11.4. The van der Waals surface area contributed by atoms with Crippen LogP contribution in [0.2, 0.25) is 0 Å². The van der Waals surface area contributed by atoms with E-state index in [0.29, 0.717) is 0 Å². The fourth-order valence-corrected chi connectivity index (χ4v) is 2.49. The third-order valence-corrected chi connectivity index (χ3v) is 3.55. The lowest BCUT2D eigenvalue weighted by atomic mass is 9.98. The second-order valence-electron chi connectivity index (χ2n) is 4.45. The van der Waals surface area contributed by atoms with Gasteiger partial charge in [0.25, 0.3) is 0 Å². The summed E-state index contributed by atoms with van der Waals surface area (Å²) in [5, 5.41) is 3.42. The van der Waals surface area contributed by atoms with Crippen LogP contribution in [0.1, 0.15) is 31.7 Å². The number of nitrogens with one attached hydrogen (secondary N) is 1. The molecular weight excluding hydrogens is 196 g/mol. The second-order valence-corrected chi connectivity index (χ2v) is 4.45. The van der Waals surface area contributed by atoms with Crippen LogP contribution >= 0.6 is 0 Å². The maximum Gasteiger partial charge on any atom is 0.0366 e. The van der Waals surface area contributed by atoms with Gasteiger partial charge in [0.2, 0.25) is 0 Å². The molecule has 0 aromatic heterocycles. The first kappa shape index (κ1) is 11.5. The molecule has 88 valence electrons. The Morgan fingerprint density at radius 2 is 1.88 bits per heavy atom. The molecule has 2 heteroatoms. The molecule has 0 radical (unpaired) electrons. The van der Waals surface area contributed by atoms with Crippen LogP contribution in [0.25, 0.3) is 0 Å². The van der Waals surface area contributed by atoms with Crippen molar-refractivity contribution in [1.29, 1.82) is 0 Å². The van der Waals surface area contributed by atoms with Crippen LogP contribution in [-0.4, -0.2) is 26.2 Å². The minimum atomic E-state index is 0.728. The molecule has 2 nitrogen and oxygen atoms in total. The summed E-state index contributed by atoms with van der Waals surface area (Å²) in [6, 6.07) is 9.12. The summed E-state index contributed by atoms with van der Waals surface area (Å²) in [5.41, 5.74) is 2.83. The highest BCUT2D eigenvalue weighted by atomic mass is 15.1. The SMILES string of the molecule is CCN(CC)c1ccc(C2CCNC2)cc1. The normalized spacial score (nSPS) is 20.0. The van der Waals surface area contributed by atoms with E-state index < -0.39 is 0 Å². The van der Waals surface area contributed by atoms with Crippen molar-refractivity contribution in [1.82, 2.24) is 5.32 Å². The summed E-state index contributed by atoms with van der Waals surface area (Å²) >= 11 is 0. The van der Waals surface area contributed by atoms with Gasteiger partial charge in [-0.05, 0) is 50.4 Å². The minimum absolute atomic E-state index is 0.728. The zero-order valence-corrected chi connectivity index (χ0v) is 10.4. The Balaban J connectivity index is 2.09. The Labute approximate surface area is 98.7 Å². The van der Waals surface area contributed by atoms with Gasteiger partial charge in [-0.1, -0.05) is 12.1 Å². The predicted molar refractivity (Wildman–Crippen MR) is 70.2 cm³/mol. The average Bonchev–Trinajstić information content (AvgIpc) is 2.85. The van der Waals surface area contributed by atoms with Crippen LogP contribution in [0.3, 0.4) is 0 Å². The Kier molecular flexibility index (Phi) is 3.83. The molecule has 1 aliphatic rings. The molecule has 1 atom stereocenters. The van der Waals surface area contributed by atoms with Crippen LogP contribution in [0.4, 0.5) is 5.69 Å². The third-order valence-electron chi connectivity index (χ3n) is 3.55. The van der Waals surface area contributed by atoms with Gasteiger partial charge in [-0.15, -0.1) is 0 Å². The molecule has 1 fully saturated rings. The van der Waals surface area contributed by atoms with Crippen LogP contribution in [-0.2, 0) is 0 Å². The summed E-state index contributed by atoms with van der Waals surface area (Å²) in [6.07, 6.45) is 1.28. The van der Waals surface area contributed by atoms with Crippen molar-refractivity contribution < 1.29 is 0 Å². The van der Waals surface area contributed by atoms with Crippen LogP contribution in [0, 0.1) is 0 Å². The van der Waals surface area contributed by atoms with Crippen molar-refractivity contribution in [2.45, 2.75) is 26.2 Å². The molecule has 2 rings (SSSR count). The van der Waals surface area contributed by atoms with Gasteiger partial charge >= 0.3 is 0 Å². The van der Waals surface area contributed by atoms with Gasteiger partial charge in [-0.2, -0.15) is 0 Å². The molecule has 16 heavy (non-hydrogen) atoms. The first-order valence-electron chi connectivity index (χ1n) is 6.40. The fraction of sp³-hybridized carbons (Fsp3) is 0.571. The van der Waals surface area contributed by atoms with Crippen LogP contribution in [0.15, 0.2) is 24.3 Å². The molecule has 1 aromatic carbocycles. The maximum atomic E-state index is 3.42. The summed E-state index contributed by atoms with van der Waals surface area (Å²) in [4.78, 5) is 2.39. The highest BCUT2D eigenvalue weighted by molar-refractivity contribution is 5.48. The van der Waals surface area contributed by atoms with E-state index in [1.165, 1.54) is 24.2 Å². The molecule has 1 saturated heterocycles. The van der Waals surface area contributed by atoms with E-state index in [4.69, 9.17) is 0 Å². The molecule has 0 aliphatic carbocycles. The van der Waals surface area contributed by atoms with Crippen molar-refractivity contribution in [3.63, 3.8) is 0 Å². The van der Waals surface area contributed by atoms with E-state index in [1.807, 2.05) is 0 Å². The number of benzene rings is 1. The van der Waals surface area contributed by atoms with Crippen molar-refractivity contribution in [3.05, 3.63) is 29.8 Å². The predicted octanol–water partition coefficient (Wildman–Crippen LogP) is 2.61. The average molecular weight is 218 g/mol. The zero-order valence-electron chi connectivity index (χ0n) is 10.4. The van der Waals surface area contributed by atoms with Crippen molar-refractivity contribution in [2.75, 3.05) is 31.1 Å². The van der Waals surface area contributed by atoms with E-state index in [1.54, 1.807) is 0 Å². The summed E-state index contributed by atoms with van der Waals surface area (Å²) < 4.78 is 0. The molecule has 0 spiro atoms. The van der Waals surface area contributed by atoms with E-state index >= 15 is 0 Å².